The van der Waals surface area contributed by atoms with E-state index < -0.39 is 0 Å². The van der Waals surface area contributed by atoms with Crippen LogP contribution in [0, 0.1) is 0 Å². The zero-order valence-corrected chi connectivity index (χ0v) is 6.87. The number of hydrogen-bond donors (Lipinski definition) is 1. The van der Waals surface area contributed by atoms with Gasteiger partial charge in [-0.25, -0.2) is 0 Å². The Morgan fingerprint density at radius 1 is 1.42 bits per heavy atom. The van der Waals surface area contributed by atoms with Gasteiger partial charge >= 0.3 is 0 Å². The van der Waals surface area contributed by atoms with E-state index in [4.69, 9.17) is 4.74 Å². The molecule has 2 rings (SSSR count). The highest BCUT2D eigenvalue weighted by molar-refractivity contribution is 5.48. The van der Waals surface area contributed by atoms with Crippen LogP contribution in [-0.2, 0) is 6.42 Å². The van der Waals surface area contributed by atoms with E-state index in [1.165, 1.54) is 0 Å². The van der Waals surface area contributed by atoms with Gasteiger partial charge < -0.3 is 9.84 Å². The van der Waals surface area contributed by atoms with Crippen molar-refractivity contribution in [3.8, 4) is 11.5 Å². The van der Waals surface area contributed by atoms with Gasteiger partial charge in [-0.1, -0.05) is 12.1 Å². The molecule has 0 unspecified atom stereocenters. The summed E-state index contributed by atoms with van der Waals surface area (Å²) >= 11 is 0. The number of benzene rings is 1. The third-order valence-corrected chi connectivity index (χ3v) is 1.95. The van der Waals surface area contributed by atoms with Crippen molar-refractivity contribution >= 4 is 0 Å². The maximum absolute atomic E-state index is 9.42. The molecule has 0 amide bonds. The average molecular weight is 162 g/mol. The summed E-state index contributed by atoms with van der Waals surface area (Å²) in [4.78, 5) is 0. The number of para-hydroxylation sites is 1. The zero-order chi connectivity index (χ0) is 8.55. The number of phenolic OH excluding ortho intramolecular Hbond substituents is 1. The van der Waals surface area contributed by atoms with E-state index in [-0.39, 0.29) is 5.75 Å². The molecule has 0 bridgehead atoms. The van der Waals surface area contributed by atoms with E-state index in [1.54, 1.807) is 6.07 Å². The summed E-state index contributed by atoms with van der Waals surface area (Å²) in [5, 5.41) is 9.42. The Bertz CT molecular complexity index is 340. The molecule has 0 fully saturated rings. The number of ether oxygens (including phenoxy) is 1. The molecule has 0 saturated heterocycles. The van der Waals surface area contributed by atoms with Gasteiger partial charge in [-0.05, 0) is 25.5 Å². The minimum absolute atomic E-state index is 0.222. The Hall–Kier alpha value is -1.44. The summed E-state index contributed by atoms with van der Waals surface area (Å²) in [6.45, 7) is 1.88. The molecule has 0 saturated carbocycles. The van der Waals surface area contributed by atoms with Crippen LogP contribution in [0.4, 0.5) is 0 Å². The van der Waals surface area contributed by atoms with Gasteiger partial charge in [0.15, 0.2) is 11.5 Å². The third-order valence-electron chi connectivity index (χ3n) is 1.95. The first-order valence-corrected chi connectivity index (χ1v) is 3.93. The van der Waals surface area contributed by atoms with Crippen molar-refractivity contribution in [3.63, 3.8) is 0 Å². The first-order chi connectivity index (χ1) is 5.77. The molecule has 1 N–H and O–H groups in total. The second kappa shape index (κ2) is 2.55. The maximum atomic E-state index is 9.42. The van der Waals surface area contributed by atoms with E-state index in [0.717, 1.165) is 17.7 Å². The van der Waals surface area contributed by atoms with Crippen molar-refractivity contribution in [1.29, 1.82) is 0 Å². The normalized spacial score (nSPS) is 14.6. The molecule has 0 spiro atoms. The van der Waals surface area contributed by atoms with Crippen molar-refractivity contribution < 1.29 is 9.84 Å². The molecule has 1 heterocycles. The predicted octanol–water partition coefficient (Wildman–Crippen LogP) is 2.23. The molecule has 0 aliphatic carbocycles. The lowest BCUT2D eigenvalue weighted by molar-refractivity contribution is 0.371. The molecule has 0 aromatic heterocycles. The predicted molar refractivity (Wildman–Crippen MR) is 46.2 cm³/mol. The second-order valence-electron chi connectivity index (χ2n) is 2.89. The van der Waals surface area contributed by atoms with Crippen LogP contribution in [0.3, 0.4) is 0 Å². The summed E-state index contributed by atoms with van der Waals surface area (Å²) in [6, 6.07) is 5.42. The van der Waals surface area contributed by atoms with Crippen LogP contribution >= 0.6 is 0 Å². The van der Waals surface area contributed by atoms with Gasteiger partial charge in [-0.15, -0.1) is 0 Å². The van der Waals surface area contributed by atoms with Gasteiger partial charge in [-0.2, -0.15) is 0 Å². The molecule has 12 heavy (non-hydrogen) atoms. The smallest absolute Gasteiger partial charge is 0.171 e. The molecule has 2 nitrogen and oxygen atoms in total. The number of aromatic hydroxyl groups is 1. The highest BCUT2D eigenvalue weighted by Gasteiger charge is 2.12. The van der Waals surface area contributed by atoms with Crippen LogP contribution < -0.4 is 4.74 Å². The third kappa shape index (κ3) is 1.05. The highest BCUT2D eigenvalue weighted by atomic mass is 16.5. The first kappa shape index (κ1) is 7.22. The van der Waals surface area contributed by atoms with E-state index in [1.807, 2.05) is 25.1 Å². The summed E-state index contributed by atoms with van der Waals surface area (Å²) in [5.74, 6) is 1.68. The quantitative estimate of drug-likeness (QED) is 0.633. The van der Waals surface area contributed by atoms with Gasteiger partial charge in [0.05, 0.1) is 5.76 Å². The molecule has 1 aromatic rings. The van der Waals surface area contributed by atoms with Crippen molar-refractivity contribution in [3.05, 3.63) is 35.6 Å². The number of fused-ring (bicyclic) bond motifs is 1. The summed E-state index contributed by atoms with van der Waals surface area (Å²) in [7, 11) is 0. The highest BCUT2D eigenvalue weighted by Crippen LogP contribution is 2.34. The van der Waals surface area contributed by atoms with Gasteiger partial charge in [0, 0.05) is 5.56 Å². The number of rotatable bonds is 0. The van der Waals surface area contributed by atoms with Crippen molar-refractivity contribution in [2.45, 2.75) is 13.3 Å². The summed E-state index contributed by atoms with van der Waals surface area (Å²) in [6.07, 6.45) is 2.84. The fraction of sp³-hybridized carbons (Fsp3) is 0.200. The zero-order valence-electron chi connectivity index (χ0n) is 6.87. The Balaban J connectivity index is 2.49. The fourth-order valence-electron chi connectivity index (χ4n) is 1.31. The lowest BCUT2D eigenvalue weighted by Gasteiger charge is -2.16. The van der Waals surface area contributed by atoms with E-state index >= 15 is 0 Å². The van der Waals surface area contributed by atoms with Crippen LogP contribution in [0.25, 0.3) is 0 Å². The molecular formula is C10H10O2. The Kier molecular flexibility index (Phi) is 1.54. The SMILES string of the molecule is CC1=CCc2cccc(O)c2O1. The van der Waals surface area contributed by atoms with Crippen molar-refractivity contribution in [2.24, 2.45) is 0 Å². The molecule has 1 aliphatic heterocycles. The lowest BCUT2D eigenvalue weighted by atomic mass is 10.1. The van der Waals surface area contributed by atoms with Crippen molar-refractivity contribution in [1.82, 2.24) is 0 Å². The van der Waals surface area contributed by atoms with Gasteiger partial charge in [0.25, 0.3) is 0 Å². The van der Waals surface area contributed by atoms with Crippen LogP contribution in [0.1, 0.15) is 12.5 Å². The van der Waals surface area contributed by atoms with Crippen LogP contribution in [0.5, 0.6) is 11.5 Å². The topological polar surface area (TPSA) is 29.5 Å². The summed E-state index contributed by atoms with van der Waals surface area (Å²) < 4.78 is 5.37. The Labute approximate surface area is 71.1 Å². The molecule has 1 aliphatic rings. The van der Waals surface area contributed by atoms with Crippen LogP contribution in [0.2, 0.25) is 0 Å². The van der Waals surface area contributed by atoms with E-state index in [2.05, 4.69) is 0 Å². The van der Waals surface area contributed by atoms with E-state index in [0.29, 0.717) is 5.75 Å². The minimum Gasteiger partial charge on any atom is -0.504 e. The van der Waals surface area contributed by atoms with Gasteiger partial charge in [0.2, 0.25) is 0 Å². The lowest BCUT2D eigenvalue weighted by Crippen LogP contribution is -2.01. The van der Waals surface area contributed by atoms with Crippen LogP contribution in [-0.4, -0.2) is 5.11 Å². The monoisotopic (exact) mass is 162 g/mol. The fourth-order valence-corrected chi connectivity index (χ4v) is 1.31. The van der Waals surface area contributed by atoms with Gasteiger partial charge in [0.1, 0.15) is 0 Å². The molecular weight excluding hydrogens is 152 g/mol. The largest absolute Gasteiger partial charge is 0.504 e. The first-order valence-electron chi connectivity index (χ1n) is 3.93. The number of allylic oxidation sites excluding steroid dienone is 2. The second-order valence-corrected chi connectivity index (χ2v) is 2.89. The van der Waals surface area contributed by atoms with Gasteiger partial charge in [-0.3, -0.25) is 0 Å². The molecule has 0 radical (unpaired) electrons. The average Bonchev–Trinajstić information content (AvgIpc) is 2.07. The molecule has 1 aromatic carbocycles. The minimum atomic E-state index is 0.222. The standard InChI is InChI=1S/C10H10O2/c1-7-5-6-8-3-2-4-9(11)10(8)12-7/h2-5,11H,6H2,1H3. The van der Waals surface area contributed by atoms with Crippen molar-refractivity contribution in [2.75, 3.05) is 0 Å². The number of phenols is 1. The molecule has 62 valence electrons. The number of hydrogen-bond acceptors (Lipinski definition) is 2. The van der Waals surface area contributed by atoms with Crippen LogP contribution in [0.15, 0.2) is 30.0 Å². The Morgan fingerprint density at radius 3 is 3.08 bits per heavy atom. The van der Waals surface area contributed by atoms with E-state index in [9.17, 15) is 5.11 Å². The Morgan fingerprint density at radius 2 is 2.25 bits per heavy atom. The molecule has 2 heteroatoms. The maximum Gasteiger partial charge on any atom is 0.171 e. The molecule has 0 atom stereocenters. The summed E-state index contributed by atoms with van der Waals surface area (Å²) in [5.41, 5.74) is 1.04.